The van der Waals surface area contributed by atoms with E-state index in [-0.39, 0.29) is 18.4 Å². The monoisotopic (exact) mass is 268 g/mol. The molecule has 18 heavy (non-hydrogen) atoms. The molecule has 0 heterocycles. The van der Waals surface area contributed by atoms with Crippen LogP contribution in [0, 0.1) is 5.92 Å². The smallest absolute Gasteiger partial charge is 0.211 e. The Morgan fingerprint density at radius 3 is 2.22 bits per heavy atom. The summed E-state index contributed by atoms with van der Waals surface area (Å²) < 4.78 is 5.12. The van der Waals surface area contributed by atoms with E-state index in [1.165, 1.54) is 0 Å². The minimum Gasteiger partial charge on any atom is -0.497 e. The molecule has 6 heteroatoms. The number of ether oxygens (including phenoxy) is 1. The molecule has 1 aliphatic carbocycles. The van der Waals surface area contributed by atoms with Crippen molar-refractivity contribution >= 4 is 24.1 Å². The van der Waals surface area contributed by atoms with Crippen molar-refractivity contribution in [3.63, 3.8) is 0 Å². The molecule has 98 valence electrons. The van der Waals surface area contributed by atoms with Gasteiger partial charge in [-0.05, 0) is 42.7 Å². The molecule has 1 fully saturated rings. The lowest BCUT2D eigenvalue weighted by Gasteiger charge is -2.05. The molecule has 2 rings (SSSR count). The van der Waals surface area contributed by atoms with Crippen LogP contribution in [0.25, 0.3) is 0 Å². The molecule has 1 aromatic rings. The van der Waals surface area contributed by atoms with Gasteiger partial charge in [-0.15, -0.1) is 17.5 Å². The Labute approximate surface area is 112 Å². The van der Waals surface area contributed by atoms with Crippen molar-refractivity contribution in [3.8, 4) is 5.75 Å². The highest BCUT2D eigenvalue weighted by molar-refractivity contribution is 6.03. The minimum atomic E-state index is -0.0170. The summed E-state index contributed by atoms with van der Waals surface area (Å²) in [5.74, 6) is 1.29. The highest BCUT2D eigenvalue weighted by Gasteiger charge is 2.28. The average Bonchev–Trinajstić information content (AvgIpc) is 3.14. The summed E-state index contributed by atoms with van der Waals surface area (Å²) in [5, 5.41) is 7.86. The van der Waals surface area contributed by atoms with Gasteiger partial charge in [0.05, 0.1) is 12.8 Å². The summed E-state index contributed by atoms with van der Waals surface area (Å²) in [6.45, 7) is 0. The quantitative estimate of drug-likeness (QED) is 0.493. The van der Waals surface area contributed by atoms with E-state index in [9.17, 15) is 0 Å². The Morgan fingerprint density at radius 1 is 1.17 bits per heavy atom. The predicted octanol–water partition coefficient (Wildman–Crippen LogP) is 1.50. The molecule has 0 atom stereocenters. The van der Waals surface area contributed by atoms with Gasteiger partial charge in [0.2, 0.25) is 5.96 Å². The van der Waals surface area contributed by atoms with Crippen LogP contribution in [-0.2, 0) is 0 Å². The van der Waals surface area contributed by atoms with Crippen LogP contribution in [0.4, 0.5) is 0 Å². The van der Waals surface area contributed by atoms with Crippen molar-refractivity contribution < 1.29 is 4.74 Å². The molecule has 1 saturated carbocycles. The SMILES string of the molecule is COc1ccc(/C(=N\N=C(N)N)C2CC2)cc1.Cl. The number of nitrogens with two attached hydrogens (primary N) is 2. The highest BCUT2D eigenvalue weighted by atomic mass is 35.5. The van der Waals surface area contributed by atoms with Gasteiger partial charge < -0.3 is 16.2 Å². The first kappa shape index (κ1) is 14.3. The fourth-order valence-corrected chi connectivity index (χ4v) is 1.61. The number of hydrogen-bond donors (Lipinski definition) is 2. The van der Waals surface area contributed by atoms with E-state index in [1.807, 2.05) is 24.3 Å². The molecule has 0 radical (unpaired) electrons. The number of hydrogen-bond acceptors (Lipinski definition) is 3. The lowest BCUT2D eigenvalue weighted by molar-refractivity contribution is 0.415. The van der Waals surface area contributed by atoms with Crippen LogP contribution in [-0.4, -0.2) is 18.8 Å². The lowest BCUT2D eigenvalue weighted by atomic mass is 10.1. The average molecular weight is 269 g/mol. The summed E-state index contributed by atoms with van der Waals surface area (Å²) in [7, 11) is 1.64. The molecule has 1 aliphatic rings. The molecule has 5 nitrogen and oxygen atoms in total. The third-order valence-electron chi connectivity index (χ3n) is 2.62. The van der Waals surface area contributed by atoms with Crippen LogP contribution in [0.1, 0.15) is 18.4 Å². The molecular weight excluding hydrogens is 252 g/mol. The van der Waals surface area contributed by atoms with E-state index in [1.54, 1.807) is 7.11 Å². The summed E-state index contributed by atoms with van der Waals surface area (Å²) in [5.41, 5.74) is 12.6. The largest absolute Gasteiger partial charge is 0.497 e. The Morgan fingerprint density at radius 2 is 1.78 bits per heavy atom. The molecule has 0 unspecified atom stereocenters. The normalized spacial score (nSPS) is 14.6. The second-order valence-corrected chi connectivity index (χ2v) is 4.01. The van der Waals surface area contributed by atoms with Crippen molar-refractivity contribution in [1.29, 1.82) is 0 Å². The van der Waals surface area contributed by atoms with Gasteiger partial charge in [-0.3, -0.25) is 0 Å². The molecule has 0 spiro atoms. The Bertz CT molecular complexity index is 448. The number of guanidine groups is 1. The zero-order valence-electron chi connectivity index (χ0n) is 10.2. The molecule has 0 bridgehead atoms. The van der Waals surface area contributed by atoms with Crippen LogP contribution in [0.15, 0.2) is 34.5 Å². The topological polar surface area (TPSA) is 86.0 Å². The van der Waals surface area contributed by atoms with Gasteiger partial charge in [0.15, 0.2) is 0 Å². The van der Waals surface area contributed by atoms with E-state index in [2.05, 4.69) is 10.2 Å². The van der Waals surface area contributed by atoms with Crippen molar-refractivity contribution in [2.45, 2.75) is 12.8 Å². The Hall–Kier alpha value is -1.75. The first-order valence-corrected chi connectivity index (χ1v) is 5.51. The molecule has 1 aromatic carbocycles. The summed E-state index contributed by atoms with van der Waals surface area (Å²) in [6, 6.07) is 7.75. The fraction of sp³-hybridized carbons (Fsp3) is 0.333. The summed E-state index contributed by atoms with van der Waals surface area (Å²) >= 11 is 0. The minimum absolute atomic E-state index is 0. The fourth-order valence-electron chi connectivity index (χ4n) is 1.61. The van der Waals surface area contributed by atoms with Crippen molar-refractivity contribution in [3.05, 3.63) is 29.8 Å². The van der Waals surface area contributed by atoms with Gasteiger partial charge >= 0.3 is 0 Å². The predicted molar refractivity (Wildman–Crippen MR) is 75.3 cm³/mol. The van der Waals surface area contributed by atoms with Crippen LogP contribution in [0.5, 0.6) is 5.75 Å². The molecule has 0 aromatic heterocycles. The maximum absolute atomic E-state index is 5.29. The molecule has 4 N–H and O–H groups in total. The van der Waals surface area contributed by atoms with Gasteiger partial charge in [0.25, 0.3) is 0 Å². The van der Waals surface area contributed by atoms with Gasteiger partial charge in [-0.1, -0.05) is 0 Å². The summed E-state index contributed by atoms with van der Waals surface area (Å²) in [6.07, 6.45) is 2.29. The van der Waals surface area contributed by atoms with Crippen LogP contribution in [0.3, 0.4) is 0 Å². The first-order chi connectivity index (χ1) is 8.20. The van der Waals surface area contributed by atoms with E-state index >= 15 is 0 Å². The number of benzene rings is 1. The third kappa shape index (κ3) is 3.63. The second kappa shape index (κ2) is 6.26. The molecule has 0 saturated heterocycles. The highest BCUT2D eigenvalue weighted by Crippen LogP contribution is 2.33. The number of rotatable bonds is 4. The Balaban J connectivity index is 0.00000162. The number of methoxy groups -OCH3 is 1. The molecule has 0 aliphatic heterocycles. The van der Waals surface area contributed by atoms with Gasteiger partial charge in [0, 0.05) is 5.92 Å². The first-order valence-electron chi connectivity index (χ1n) is 5.51. The maximum Gasteiger partial charge on any atom is 0.211 e. The van der Waals surface area contributed by atoms with Gasteiger partial charge in [-0.2, -0.15) is 5.10 Å². The van der Waals surface area contributed by atoms with Crippen LogP contribution < -0.4 is 16.2 Å². The van der Waals surface area contributed by atoms with E-state index in [0.29, 0.717) is 5.92 Å². The van der Waals surface area contributed by atoms with E-state index in [4.69, 9.17) is 16.2 Å². The van der Waals surface area contributed by atoms with E-state index < -0.39 is 0 Å². The van der Waals surface area contributed by atoms with Crippen LogP contribution >= 0.6 is 12.4 Å². The third-order valence-corrected chi connectivity index (χ3v) is 2.62. The van der Waals surface area contributed by atoms with Gasteiger partial charge in [0.1, 0.15) is 5.75 Å². The van der Waals surface area contributed by atoms with Crippen LogP contribution in [0.2, 0.25) is 0 Å². The molecular formula is C12H17ClN4O. The Kier molecular flexibility index (Phi) is 4.97. The van der Waals surface area contributed by atoms with Crippen molar-refractivity contribution in [2.24, 2.45) is 27.6 Å². The number of nitrogens with zero attached hydrogens (tertiary/aromatic N) is 2. The maximum atomic E-state index is 5.29. The molecule has 0 amide bonds. The summed E-state index contributed by atoms with van der Waals surface area (Å²) in [4.78, 5) is 0. The second-order valence-electron chi connectivity index (χ2n) is 4.01. The zero-order valence-corrected chi connectivity index (χ0v) is 11.0. The standard InChI is InChI=1S/C12H16N4O.ClH/c1-17-10-6-4-9(5-7-10)11(8-2-3-8)15-16-12(13)14;/h4-8H,2-3H2,1H3,(H4,13,14,16);1H/b15-11-;. The lowest BCUT2D eigenvalue weighted by Crippen LogP contribution is -2.22. The number of halogens is 1. The van der Waals surface area contributed by atoms with E-state index in [0.717, 1.165) is 29.9 Å². The zero-order chi connectivity index (χ0) is 12.3. The van der Waals surface area contributed by atoms with Gasteiger partial charge in [-0.25, -0.2) is 0 Å². The van der Waals surface area contributed by atoms with Crippen molar-refractivity contribution in [1.82, 2.24) is 0 Å². The van der Waals surface area contributed by atoms with Crippen molar-refractivity contribution in [2.75, 3.05) is 7.11 Å².